The predicted molar refractivity (Wildman–Crippen MR) is 85.7 cm³/mol. The minimum Gasteiger partial charge on any atom is -0.482 e. The molecule has 2 heterocycles. The van der Waals surface area contributed by atoms with E-state index in [9.17, 15) is 14.4 Å². The molecule has 2 amide bonds. The van der Waals surface area contributed by atoms with Crippen LogP contribution < -0.4 is 9.64 Å². The summed E-state index contributed by atoms with van der Waals surface area (Å²) in [6.07, 6.45) is 2.31. The number of para-hydroxylation sites is 2. The molecule has 1 saturated heterocycles. The Morgan fingerprint density at radius 3 is 2.88 bits per heavy atom. The van der Waals surface area contributed by atoms with Gasteiger partial charge in [-0.15, -0.1) is 0 Å². The van der Waals surface area contributed by atoms with E-state index in [2.05, 4.69) is 0 Å². The minimum atomic E-state index is -0.567. The van der Waals surface area contributed by atoms with Gasteiger partial charge in [0.15, 0.2) is 6.61 Å². The third kappa shape index (κ3) is 3.06. The van der Waals surface area contributed by atoms with Crippen molar-refractivity contribution in [3.63, 3.8) is 0 Å². The Morgan fingerprint density at radius 1 is 1.29 bits per heavy atom. The second-order valence-electron chi connectivity index (χ2n) is 5.86. The van der Waals surface area contributed by atoms with Crippen LogP contribution >= 0.6 is 0 Å². The number of hydrogen-bond donors (Lipinski definition) is 0. The van der Waals surface area contributed by atoms with Gasteiger partial charge < -0.3 is 14.4 Å². The standard InChI is InChI=1S/C17H20N2O5/c1-23-17(22)13-7-4-5-9-18(13)15(20)10-19-12-6-2-3-8-14(12)24-11-16(19)21/h2-3,6,8,13H,4-5,7,9-11H2,1H3. The summed E-state index contributed by atoms with van der Waals surface area (Å²) in [6, 6.07) is 6.54. The van der Waals surface area contributed by atoms with Crippen molar-refractivity contribution in [2.75, 3.05) is 31.7 Å². The van der Waals surface area contributed by atoms with Crippen molar-refractivity contribution in [1.29, 1.82) is 0 Å². The molecule has 0 saturated carbocycles. The highest BCUT2D eigenvalue weighted by Crippen LogP contribution is 2.31. The number of rotatable bonds is 3. The van der Waals surface area contributed by atoms with E-state index < -0.39 is 12.0 Å². The number of esters is 1. The maximum absolute atomic E-state index is 12.7. The Balaban J connectivity index is 1.78. The number of methoxy groups -OCH3 is 1. The van der Waals surface area contributed by atoms with E-state index in [4.69, 9.17) is 9.47 Å². The predicted octanol–water partition coefficient (Wildman–Crippen LogP) is 0.966. The lowest BCUT2D eigenvalue weighted by molar-refractivity contribution is -0.154. The van der Waals surface area contributed by atoms with Gasteiger partial charge >= 0.3 is 5.97 Å². The summed E-state index contributed by atoms with van der Waals surface area (Å²) in [4.78, 5) is 39.8. The molecule has 128 valence electrons. The number of fused-ring (bicyclic) bond motifs is 1. The molecule has 0 aliphatic carbocycles. The average Bonchev–Trinajstić information content (AvgIpc) is 2.63. The molecule has 1 atom stereocenters. The van der Waals surface area contributed by atoms with Crippen LogP contribution in [0.15, 0.2) is 24.3 Å². The Hall–Kier alpha value is -2.57. The number of benzene rings is 1. The van der Waals surface area contributed by atoms with Gasteiger partial charge in [0, 0.05) is 6.54 Å². The SMILES string of the molecule is COC(=O)C1CCCCN1C(=O)CN1C(=O)COc2ccccc21. The van der Waals surface area contributed by atoms with Crippen molar-refractivity contribution in [2.24, 2.45) is 0 Å². The monoisotopic (exact) mass is 332 g/mol. The summed E-state index contributed by atoms with van der Waals surface area (Å²) in [7, 11) is 1.32. The van der Waals surface area contributed by atoms with Gasteiger partial charge in [0.1, 0.15) is 18.3 Å². The van der Waals surface area contributed by atoms with Crippen LogP contribution in [0.1, 0.15) is 19.3 Å². The zero-order chi connectivity index (χ0) is 17.1. The normalized spacial score (nSPS) is 20.2. The van der Waals surface area contributed by atoms with E-state index in [-0.39, 0.29) is 25.0 Å². The molecule has 1 aromatic rings. The summed E-state index contributed by atoms with van der Waals surface area (Å²) in [5.74, 6) is -0.353. The van der Waals surface area contributed by atoms with Crippen LogP contribution in [-0.2, 0) is 19.1 Å². The fourth-order valence-electron chi connectivity index (χ4n) is 3.16. The first-order chi connectivity index (χ1) is 11.6. The zero-order valence-corrected chi connectivity index (χ0v) is 13.6. The molecule has 3 rings (SSSR count). The number of ether oxygens (including phenoxy) is 2. The van der Waals surface area contributed by atoms with Gasteiger partial charge in [-0.2, -0.15) is 0 Å². The van der Waals surface area contributed by atoms with Crippen molar-refractivity contribution >= 4 is 23.5 Å². The van der Waals surface area contributed by atoms with Crippen LogP contribution in [0.4, 0.5) is 5.69 Å². The Morgan fingerprint density at radius 2 is 2.08 bits per heavy atom. The fourth-order valence-corrected chi connectivity index (χ4v) is 3.16. The summed E-state index contributed by atoms with van der Waals surface area (Å²) in [5.41, 5.74) is 0.578. The quantitative estimate of drug-likeness (QED) is 0.771. The van der Waals surface area contributed by atoms with E-state index in [0.29, 0.717) is 24.4 Å². The second kappa shape index (κ2) is 6.90. The molecular weight excluding hydrogens is 312 g/mol. The van der Waals surface area contributed by atoms with Crippen molar-refractivity contribution in [3.8, 4) is 5.75 Å². The lowest BCUT2D eigenvalue weighted by Gasteiger charge is -2.36. The van der Waals surface area contributed by atoms with Gasteiger partial charge in [0.05, 0.1) is 12.8 Å². The number of piperidine rings is 1. The first kappa shape index (κ1) is 16.3. The number of hydrogen-bond acceptors (Lipinski definition) is 5. The molecule has 7 heteroatoms. The number of carbonyl (C=O) groups excluding carboxylic acids is 3. The van der Waals surface area contributed by atoms with Crippen molar-refractivity contribution in [3.05, 3.63) is 24.3 Å². The lowest BCUT2D eigenvalue weighted by Crippen LogP contribution is -2.53. The van der Waals surface area contributed by atoms with Crippen LogP contribution in [0.3, 0.4) is 0 Å². The number of amides is 2. The van der Waals surface area contributed by atoms with E-state index in [1.807, 2.05) is 6.07 Å². The first-order valence-corrected chi connectivity index (χ1v) is 8.01. The maximum atomic E-state index is 12.7. The van der Waals surface area contributed by atoms with Gasteiger partial charge in [-0.3, -0.25) is 14.5 Å². The van der Waals surface area contributed by atoms with Crippen molar-refractivity contribution < 1.29 is 23.9 Å². The van der Waals surface area contributed by atoms with Crippen molar-refractivity contribution in [1.82, 2.24) is 4.90 Å². The van der Waals surface area contributed by atoms with Crippen LogP contribution in [0.5, 0.6) is 5.75 Å². The molecule has 2 aliphatic rings. The van der Waals surface area contributed by atoms with Crippen LogP contribution in [0.25, 0.3) is 0 Å². The molecule has 0 aromatic heterocycles. The molecule has 1 unspecified atom stereocenters. The number of likely N-dealkylation sites (tertiary alicyclic amines) is 1. The Labute approximate surface area is 140 Å². The first-order valence-electron chi connectivity index (χ1n) is 8.01. The number of nitrogens with zero attached hydrogens (tertiary/aromatic N) is 2. The van der Waals surface area contributed by atoms with Crippen LogP contribution in [0, 0.1) is 0 Å². The average molecular weight is 332 g/mol. The molecular formula is C17H20N2O5. The summed E-state index contributed by atoms with van der Waals surface area (Å²) < 4.78 is 10.2. The summed E-state index contributed by atoms with van der Waals surface area (Å²) in [6.45, 7) is 0.302. The highest BCUT2D eigenvalue weighted by molar-refractivity contribution is 6.02. The molecule has 0 bridgehead atoms. The smallest absolute Gasteiger partial charge is 0.328 e. The number of carbonyl (C=O) groups is 3. The minimum absolute atomic E-state index is 0.0925. The van der Waals surface area contributed by atoms with Crippen LogP contribution in [0.2, 0.25) is 0 Å². The lowest BCUT2D eigenvalue weighted by atomic mass is 10.0. The van der Waals surface area contributed by atoms with Gasteiger partial charge in [-0.05, 0) is 31.4 Å². The fraction of sp³-hybridized carbons (Fsp3) is 0.471. The third-order valence-corrected chi connectivity index (χ3v) is 4.40. The van der Waals surface area contributed by atoms with E-state index >= 15 is 0 Å². The second-order valence-corrected chi connectivity index (χ2v) is 5.86. The molecule has 7 nitrogen and oxygen atoms in total. The van der Waals surface area contributed by atoms with E-state index in [1.54, 1.807) is 18.2 Å². The zero-order valence-electron chi connectivity index (χ0n) is 13.6. The van der Waals surface area contributed by atoms with E-state index in [0.717, 1.165) is 12.8 Å². The van der Waals surface area contributed by atoms with Gasteiger partial charge in [-0.1, -0.05) is 12.1 Å². The van der Waals surface area contributed by atoms with E-state index in [1.165, 1.54) is 16.9 Å². The van der Waals surface area contributed by atoms with Gasteiger partial charge in [-0.25, -0.2) is 4.79 Å². The maximum Gasteiger partial charge on any atom is 0.328 e. The molecule has 1 fully saturated rings. The molecule has 24 heavy (non-hydrogen) atoms. The largest absolute Gasteiger partial charge is 0.482 e. The molecule has 0 spiro atoms. The highest BCUT2D eigenvalue weighted by atomic mass is 16.5. The van der Waals surface area contributed by atoms with Gasteiger partial charge in [0.2, 0.25) is 5.91 Å². The summed E-state index contributed by atoms with van der Waals surface area (Å²) in [5, 5.41) is 0. The highest BCUT2D eigenvalue weighted by Gasteiger charge is 2.35. The number of anilines is 1. The van der Waals surface area contributed by atoms with Crippen LogP contribution in [-0.4, -0.2) is 55.5 Å². The van der Waals surface area contributed by atoms with Gasteiger partial charge in [0.25, 0.3) is 5.91 Å². The Bertz CT molecular complexity index is 660. The summed E-state index contributed by atoms with van der Waals surface area (Å²) >= 11 is 0. The molecule has 0 radical (unpaired) electrons. The Kier molecular flexibility index (Phi) is 4.69. The topological polar surface area (TPSA) is 76.2 Å². The molecule has 2 aliphatic heterocycles. The third-order valence-electron chi connectivity index (χ3n) is 4.40. The molecule has 0 N–H and O–H groups in total. The van der Waals surface area contributed by atoms with Crippen molar-refractivity contribution in [2.45, 2.75) is 25.3 Å². The molecule has 1 aromatic carbocycles.